The first-order valence-electron chi connectivity index (χ1n) is 6.26. The summed E-state index contributed by atoms with van der Waals surface area (Å²) in [5, 5.41) is -0.786. The predicted octanol–water partition coefficient (Wildman–Crippen LogP) is 2.29. The van der Waals surface area contributed by atoms with E-state index in [0.29, 0.717) is 0 Å². The monoisotopic (exact) mass is 370 g/mol. The van der Waals surface area contributed by atoms with Crippen LogP contribution in [0.25, 0.3) is 0 Å². The Morgan fingerprint density at radius 2 is 1.43 bits per heavy atom. The van der Waals surface area contributed by atoms with Crippen molar-refractivity contribution in [3.8, 4) is 0 Å². The van der Waals surface area contributed by atoms with Crippen molar-refractivity contribution in [1.29, 1.82) is 0 Å². The van der Waals surface area contributed by atoms with Crippen LogP contribution in [0.3, 0.4) is 0 Å². The molecule has 0 spiro atoms. The second-order valence-electron chi connectivity index (χ2n) is 4.59. The number of carbonyl (C=O) groups is 2. The van der Waals surface area contributed by atoms with E-state index in [2.05, 4.69) is 0 Å². The number of hydrogen-bond donors (Lipinski definition) is 0. The number of halogens is 2. The fourth-order valence-corrected chi connectivity index (χ4v) is 3.62. The average Bonchev–Trinajstić information content (AvgIpc) is 3.10. The molecule has 3 rings (SSSR count). The topological polar surface area (TPSA) is 76.5 Å². The Morgan fingerprint density at radius 3 is 2.00 bits per heavy atom. The zero-order valence-corrected chi connectivity index (χ0v) is 13.6. The first-order chi connectivity index (χ1) is 10.8. The van der Waals surface area contributed by atoms with Gasteiger partial charge in [-0.15, -0.1) is 0 Å². The van der Waals surface area contributed by atoms with E-state index in [1.54, 1.807) is 18.2 Å². The lowest BCUT2D eigenvalue weighted by Crippen LogP contribution is -2.30. The maximum absolute atomic E-state index is 12.5. The van der Waals surface area contributed by atoms with Gasteiger partial charge in [0.1, 0.15) is 10.1 Å². The molecule has 0 aliphatic carbocycles. The van der Waals surface area contributed by atoms with E-state index in [1.807, 2.05) is 0 Å². The lowest BCUT2D eigenvalue weighted by atomic mass is 10.4. The second-order valence-corrected chi connectivity index (χ2v) is 7.19. The third-order valence-electron chi connectivity index (χ3n) is 3.20. The highest BCUT2D eigenvalue weighted by atomic mass is 35.5. The van der Waals surface area contributed by atoms with Gasteiger partial charge in [-0.1, -0.05) is 41.4 Å². The van der Waals surface area contributed by atoms with Gasteiger partial charge in [0.2, 0.25) is 0 Å². The molecule has 23 heavy (non-hydrogen) atoms. The van der Waals surface area contributed by atoms with Crippen molar-refractivity contribution in [2.24, 2.45) is 0 Å². The van der Waals surface area contributed by atoms with Gasteiger partial charge < -0.3 is 0 Å². The van der Waals surface area contributed by atoms with E-state index in [0.717, 1.165) is 15.1 Å². The van der Waals surface area contributed by atoms with Gasteiger partial charge in [-0.2, -0.15) is 0 Å². The van der Waals surface area contributed by atoms with Gasteiger partial charge in [-0.05, 0) is 18.2 Å². The Kier molecular flexibility index (Phi) is 3.79. The van der Waals surface area contributed by atoms with Crippen LogP contribution >= 0.6 is 23.2 Å². The van der Waals surface area contributed by atoms with Crippen molar-refractivity contribution in [1.82, 2.24) is 3.97 Å². The summed E-state index contributed by atoms with van der Waals surface area (Å²) in [4.78, 5) is 24.7. The van der Waals surface area contributed by atoms with Crippen LogP contribution < -0.4 is 4.90 Å². The molecule has 0 unspecified atom stereocenters. The molecule has 2 amide bonds. The summed E-state index contributed by atoms with van der Waals surface area (Å²) in [6, 6.07) is 9.07. The summed E-state index contributed by atoms with van der Waals surface area (Å²) in [6.45, 7) is 0. The van der Waals surface area contributed by atoms with E-state index >= 15 is 0 Å². The summed E-state index contributed by atoms with van der Waals surface area (Å²) >= 11 is 11.3. The number of amides is 2. The first kappa shape index (κ1) is 15.8. The molecule has 0 saturated heterocycles. The molecule has 0 atom stereocenters. The summed E-state index contributed by atoms with van der Waals surface area (Å²) < 4.78 is 25.8. The standard InChI is InChI=1S/C14H8Cl2N2O4S/c15-11-12(16)14(20)18(13(11)19)9-6-7-17(8-9)23(21,22)10-4-2-1-3-5-10/h1-8H. The first-order valence-corrected chi connectivity index (χ1v) is 8.46. The number of anilines is 1. The molecular weight excluding hydrogens is 363 g/mol. The number of aromatic nitrogens is 1. The Balaban J connectivity index is 2.00. The number of imide groups is 1. The van der Waals surface area contributed by atoms with Crippen molar-refractivity contribution in [3.63, 3.8) is 0 Å². The Labute approximate surface area is 141 Å². The minimum Gasteiger partial charge on any atom is -0.267 e. The summed E-state index contributed by atoms with van der Waals surface area (Å²) in [7, 11) is -3.82. The molecule has 118 valence electrons. The average molecular weight is 371 g/mol. The van der Waals surface area contributed by atoms with Crippen molar-refractivity contribution < 1.29 is 18.0 Å². The fourth-order valence-electron chi connectivity index (χ4n) is 2.07. The van der Waals surface area contributed by atoms with Crippen molar-refractivity contribution in [2.45, 2.75) is 4.90 Å². The zero-order valence-electron chi connectivity index (χ0n) is 11.3. The number of nitrogens with zero attached hydrogens (tertiary/aromatic N) is 2. The normalized spacial score (nSPS) is 15.7. The van der Waals surface area contributed by atoms with Crippen LogP contribution in [-0.4, -0.2) is 24.2 Å². The van der Waals surface area contributed by atoms with E-state index in [-0.39, 0.29) is 10.6 Å². The summed E-state index contributed by atoms with van der Waals surface area (Å²) in [5.74, 6) is -1.59. The molecule has 1 aliphatic heterocycles. The molecular formula is C14H8Cl2N2O4S. The highest BCUT2D eigenvalue weighted by Crippen LogP contribution is 2.31. The van der Waals surface area contributed by atoms with Crippen LogP contribution in [0.2, 0.25) is 0 Å². The van der Waals surface area contributed by atoms with Crippen LogP contribution in [0.15, 0.2) is 63.8 Å². The van der Waals surface area contributed by atoms with Gasteiger partial charge in [0.15, 0.2) is 0 Å². The summed E-state index contributed by atoms with van der Waals surface area (Å²) in [5.41, 5.74) is 0.0632. The lowest BCUT2D eigenvalue weighted by molar-refractivity contribution is -0.120. The quantitative estimate of drug-likeness (QED) is 0.776. The van der Waals surface area contributed by atoms with E-state index in [9.17, 15) is 18.0 Å². The van der Waals surface area contributed by atoms with E-state index < -0.39 is 31.9 Å². The van der Waals surface area contributed by atoms with Gasteiger partial charge in [0.05, 0.1) is 10.6 Å². The predicted molar refractivity (Wildman–Crippen MR) is 84.7 cm³/mol. The number of benzene rings is 1. The van der Waals surface area contributed by atoms with E-state index in [1.165, 1.54) is 24.4 Å². The molecule has 9 heteroatoms. The number of carbonyl (C=O) groups excluding carboxylic acids is 2. The minimum absolute atomic E-state index is 0.0632. The SMILES string of the molecule is O=C1C(Cl)=C(Cl)C(=O)N1c1ccn(S(=O)(=O)c2ccccc2)c1. The Morgan fingerprint density at radius 1 is 0.870 bits per heavy atom. The van der Waals surface area contributed by atoms with Crippen LogP contribution in [0.5, 0.6) is 0 Å². The van der Waals surface area contributed by atoms with E-state index in [4.69, 9.17) is 23.2 Å². The molecule has 2 aromatic rings. The molecule has 6 nitrogen and oxygen atoms in total. The van der Waals surface area contributed by atoms with Crippen LogP contribution in [0, 0.1) is 0 Å². The highest BCUT2D eigenvalue weighted by molar-refractivity contribution is 7.90. The third-order valence-corrected chi connectivity index (χ3v) is 5.65. The maximum Gasteiger partial charge on any atom is 0.278 e. The largest absolute Gasteiger partial charge is 0.278 e. The Bertz CT molecular complexity index is 924. The molecule has 0 bridgehead atoms. The van der Waals surface area contributed by atoms with Gasteiger partial charge in [0.25, 0.3) is 21.8 Å². The van der Waals surface area contributed by atoms with Gasteiger partial charge in [0, 0.05) is 12.4 Å². The smallest absolute Gasteiger partial charge is 0.267 e. The van der Waals surface area contributed by atoms with Crippen LogP contribution in [-0.2, 0) is 19.6 Å². The third kappa shape index (κ3) is 2.46. The Hall–Kier alpha value is -2.09. The van der Waals surface area contributed by atoms with Crippen molar-refractivity contribution in [3.05, 3.63) is 58.9 Å². The summed E-state index contributed by atoms with van der Waals surface area (Å²) in [6.07, 6.45) is 2.39. The van der Waals surface area contributed by atoms with Crippen molar-refractivity contribution >= 4 is 50.7 Å². The molecule has 2 heterocycles. The van der Waals surface area contributed by atoms with Gasteiger partial charge >= 0.3 is 0 Å². The molecule has 0 N–H and O–H groups in total. The number of rotatable bonds is 3. The van der Waals surface area contributed by atoms with Crippen LogP contribution in [0.1, 0.15) is 0 Å². The molecule has 0 radical (unpaired) electrons. The maximum atomic E-state index is 12.5. The number of hydrogen-bond acceptors (Lipinski definition) is 4. The highest BCUT2D eigenvalue weighted by Gasteiger charge is 2.38. The molecule has 0 saturated carbocycles. The molecule has 1 aromatic carbocycles. The van der Waals surface area contributed by atoms with Crippen LogP contribution in [0.4, 0.5) is 5.69 Å². The zero-order chi connectivity index (χ0) is 16.8. The fraction of sp³-hybridized carbons (Fsp3) is 0. The van der Waals surface area contributed by atoms with Gasteiger partial charge in [-0.25, -0.2) is 17.3 Å². The minimum atomic E-state index is -3.82. The lowest BCUT2D eigenvalue weighted by Gasteiger charge is -2.11. The molecule has 1 aliphatic rings. The van der Waals surface area contributed by atoms with Gasteiger partial charge in [-0.3, -0.25) is 9.59 Å². The van der Waals surface area contributed by atoms with Crippen molar-refractivity contribution in [2.75, 3.05) is 4.90 Å². The molecule has 0 fully saturated rings. The second kappa shape index (κ2) is 5.52. The molecule has 1 aromatic heterocycles.